The molecule has 0 N–H and O–H groups in total. The molecule has 0 saturated heterocycles. The number of unbranched alkanes of at least 4 members (excludes halogenated alkanes) is 15. The Kier molecular flexibility index (Phi) is 19.1. The maximum atomic E-state index is 4.49. The van der Waals surface area contributed by atoms with E-state index in [-0.39, 0.29) is 0 Å². The number of rotatable bonds is 17. The van der Waals surface area contributed by atoms with E-state index >= 15 is 0 Å². The average Bonchev–Trinajstić information content (AvgIpc) is 2.46. The second-order valence-electron chi connectivity index (χ2n) is 6.94. The van der Waals surface area contributed by atoms with Crippen LogP contribution in [0.25, 0.3) is 0 Å². The Bertz CT molecular complexity index is 182. The van der Waals surface area contributed by atoms with Crippen molar-refractivity contribution in [2.75, 3.05) is 0 Å². The Balaban J connectivity index is 2.93. The molecule has 0 saturated carbocycles. The van der Waals surface area contributed by atoms with Crippen molar-refractivity contribution < 1.29 is 0 Å². The summed E-state index contributed by atoms with van der Waals surface area (Å²) in [6.07, 6.45) is 24.7. The van der Waals surface area contributed by atoms with Crippen LogP contribution < -0.4 is 0 Å². The topological polar surface area (TPSA) is 0 Å². The van der Waals surface area contributed by atoms with E-state index < -0.39 is 0 Å². The minimum atomic E-state index is 0.733. The van der Waals surface area contributed by atoms with E-state index in [2.05, 4.69) is 19.6 Å². The lowest BCUT2D eigenvalue weighted by atomic mass is 10.0. The van der Waals surface area contributed by atoms with Crippen molar-refractivity contribution in [3.8, 4) is 0 Å². The number of hydrogen-bond donors (Lipinski definition) is 1. The van der Waals surface area contributed by atoms with E-state index in [1.165, 1.54) is 119 Å². The predicted molar refractivity (Wildman–Crippen MR) is 107 cm³/mol. The van der Waals surface area contributed by atoms with Gasteiger partial charge in [0.25, 0.3) is 0 Å². The fraction of sp³-hybridized carbons (Fsp3) is 1.00. The SMILES string of the molecule is CCCCCCCCCCCCCCCCCCC([SiH3])S. The van der Waals surface area contributed by atoms with Gasteiger partial charge < -0.3 is 0 Å². The molecule has 0 fully saturated rings. The first kappa shape index (κ1) is 21.6. The van der Waals surface area contributed by atoms with E-state index in [0.717, 1.165) is 4.87 Å². The Hall–Kier alpha value is 0.567. The van der Waals surface area contributed by atoms with Crippen molar-refractivity contribution in [2.24, 2.45) is 0 Å². The molecule has 0 rings (SSSR count). The van der Waals surface area contributed by atoms with Crippen LogP contribution in [0.2, 0.25) is 0 Å². The van der Waals surface area contributed by atoms with Crippen molar-refractivity contribution in [3.05, 3.63) is 0 Å². The van der Waals surface area contributed by atoms with E-state index in [0.29, 0.717) is 0 Å². The van der Waals surface area contributed by atoms with Gasteiger partial charge in [0.15, 0.2) is 0 Å². The Labute approximate surface area is 144 Å². The van der Waals surface area contributed by atoms with Crippen LogP contribution in [0.15, 0.2) is 0 Å². The van der Waals surface area contributed by atoms with Gasteiger partial charge in [0, 0.05) is 10.2 Å². The molecule has 0 aromatic heterocycles. The summed E-state index contributed by atoms with van der Waals surface area (Å²) in [5.74, 6) is 0. The molecule has 0 amide bonds. The van der Waals surface area contributed by atoms with Gasteiger partial charge in [0.2, 0.25) is 0 Å². The van der Waals surface area contributed by atoms with Gasteiger partial charge in [0.05, 0.1) is 0 Å². The summed E-state index contributed by atoms with van der Waals surface area (Å²) >= 11 is 4.49. The largest absolute Gasteiger partial charge is 0.180 e. The van der Waals surface area contributed by atoms with Crippen molar-refractivity contribution in [1.29, 1.82) is 0 Å². The second kappa shape index (κ2) is 18.6. The zero-order valence-corrected chi connectivity index (χ0v) is 17.9. The Morgan fingerprint density at radius 1 is 0.571 bits per heavy atom. The summed E-state index contributed by atoms with van der Waals surface area (Å²) in [5, 5.41) is 0. The van der Waals surface area contributed by atoms with Gasteiger partial charge in [-0.05, 0) is 11.3 Å². The van der Waals surface area contributed by atoms with Crippen LogP contribution in [-0.4, -0.2) is 15.1 Å². The monoisotopic (exact) mass is 330 g/mol. The number of hydrogen-bond acceptors (Lipinski definition) is 1. The lowest BCUT2D eigenvalue weighted by molar-refractivity contribution is 0.528. The molecule has 0 nitrogen and oxygen atoms in total. The van der Waals surface area contributed by atoms with Gasteiger partial charge >= 0.3 is 0 Å². The molecule has 0 aliphatic heterocycles. The zero-order chi connectivity index (χ0) is 15.6. The van der Waals surface area contributed by atoms with Gasteiger partial charge in [-0.1, -0.05) is 110 Å². The third-order valence-corrected chi connectivity index (χ3v) is 5.31. The molecule has 0 radical (unpaired) electrons. The normalized spacial score (nSPS) is 12.9. The molecule has 2 heteroatoms. The first-order valence-corrected chi connectivity index (χ1v) is 11.6. The van der Waals surface area contributed by atoms with Gasteiger partial charge in [-0.25, -0.2) is 0 Å². The maximum absolute atomic E-state index is 4.49. The maximum Gasteiger partial charge on any atom is 0.0189 e. The highest BCUT2D eigenvalue weighted by Gasteiger charge is 1.96. The predicted octanol–water partition coefficient (Wildman–Crippen LogP) is 6.26. The molecular formula is C19H42SSi. The van der Waals surface area contributed by atoms with E-state index in [9.17, 15) is 0 Å². The molecule has 0 aromatic carbocycles. The van der Waals surface area contributed by atoms with Crippen LogP contribution >= 0.6 is 12.6 Å². The third-order valence-electron chi connectivity index (χ3n) is 4.48. The van der Waals surface area contributed by atoms with Crippen molar-refractivity contribution in [1.82, 2.24) is 0 Å². The molecule has 0 heterocycles. The Morgan fingerprint density at radius 2 is 0.857 bits per heavy atom. The van der Waals surface area contributed by atoms with Gasteiger partial charge in [-0.15, -0.1) is 0 Å². The van der Waals surface area contributed by atoms with Crippen LogP contribution in [0.4, 0.5) is 0 Å². The van der Waals surface area contributed by atoms with Gasteiger partial charge in [0.1, 0.15) is 0 Å². The van der Waals surface area contributed by atoms with E-state index in [4.69, 9.17) is 0 Å². The molecule has 0 aliphatic carbocycles. The third kappa shape index (κ3) is 20.6. The van der Waals surface area contributed by atoms with Crippen LogP contribution in [0.1, 0.15) is 116 Å². The summed E-state index contributed by atoms with van der Waals surface area (Å²) in [4.78, 5) is 0.733. The standard InChI is InChI=1S/C19H42SSi/c1-2-3-4-5-6-7-8-9-10-11-12-13-14-15-16-17-18-19(20)21/h19-20H,2-18H2,1,21H3. The number of thiol groups is 1. The summed E-state index contributed by atoms with van der Waals surface area (Å²) in [7, 11) is 1.25. The zero-order valence-electron chi connectivity index (χ0n) is 15.0. The summed E-state index contributed by atoms with van der Waals surface area (Å²) < 4.78 is 0. The molecule has 0 bridgehead atoms. The van der Waals surface area contributed by atoms with Crippen LogP contribution in [0.5, 0.6) is 0 Å². The highest BCUT2D eigenvalue weighted by molar-refractivity contribution is 7.82. The average molecular weight is 331 g/mol. The molecule has 0 aliphatic rings. The van der Waals surface area contributed by atoms with E-state index in [1.807, 2.05) is 0 Å². The van der Waals surface area contributed by atoms with E-state index in [1.54, 1.807) is 0 Å². The Morgan fingerprint density at radius 3 is 1.14 bits per heavy atom. The minimum absolute atomic E-state index is 0.733. The molecule has 21 heavy (non-hydrogen) atoms. The molecular weight excluding hydrogens is 288 g/mol. The highest BCUT2D eigenvalue weighted by Crippen LogP contribution is 2.14. The lowest BCUT2D eigenvalue weighted by Gasteiger charge is -2.04. The van der Waals surface area contributed by atoms with Gasteiger partial charge in [-0.2, -0.15) is 12.6 Å². The summed E-state index contributed by atoms with van der Waals surface area (Å²) in [6, 6.07) is 0. The smallest absolute Gasteiger partial charge is 0.0189 e. The summed E-state index contributed by atoms with van der Waals surface area (Å²) in [6.45, 7) is 2.30. The first-order valence-electron chi connectivity index (χ1n) is 9.95. The molecule has 0 spiro atoms. The van der Waals surface area contributed by atoms with Crippen LogP contribution in [-0.2, 0) is 0 Å². The molecule has 1 unspecified atom stereocenters. The highest BCUT2D eigenvalue weighted by atomic mass is 32.1. The minimum Gasteiger partial charge on any atom is -0.180 e. The lowest BCUT2D eigenvalue weighted by Crippen LogP contribution is -1.95. The molecule has 128 valence electrons. The fourth-order valence-corrected chi connectivity index (χ4v) is 3.58. The summed E-state index contributed by atoms with van der Waals surface area (Å²) in [5.41, 5.74) is 0. The molecule has 0 aromatic rings. The van der Waals surface area contributed by atoms with Crippen LogP contribution in [0.3, 0.4) is 0 Å². The molecule has 1 atom stereocenters. The fourth-order valence-electron chi connectivity index (χ4n) is 2.99. The van der Waals surface area contributed by atoms with Crippen molar-refractivity contribution in [2.45, 2.75) is 121 Å². The van der Waals surface area contributed by atoms with Crippen molar-refractivity contribution >= 4 is 22.9 Å². The quantitative estimate of drug-likeness (QED) is 0.182. The van der Waals surface area contributed by atoms with Crippen molar-refractivity contribution in [3.63, 3.8) is 0 Å². The second-order valence-corrected chi connectivity index (χ2v) is 10.2. The van der Waals surface area contributed by atoms with Crippen LogP contribution in [0, 0.1) is 0 Å². The first-order chi connectivity index (χ1) is 10.3. The van der Waals surface area contributed by atoms with Gasteiger partial charge in [-0.3, -0.25) is 0 Å².